The van der Waals surface area contributed by atoms with Crippen LogP contribution in [-0.4, -0.2) is 29.1 Å². The van der Waals surface area contributed by atoms with Gasteiger partial charge in [0.05, 0.1) is 11.6 Å². The number of hydrogen-bond donors (Lipinski definition) is 0. The first kappa shape index (κ1) is 10.6. The molecule has 1 aliphatic heterocycles. The van der Waals surface area contributed by atoms with Crippen molar-refractivity contribution < 1.29 is 0 Å². The fourth-order valence-corrected chi connectivity index (χ4v) is 3.60. The summed E-state index contributed by atoms with van der Waals surface area (Å²) in [6.07, 6.45) is 0. The van der Waals surface area contributed by atoms with Gasteiger partial charge in [0, 0.05) is 29.5 Å². The van der Waals surface area contributed by atoms with Crippen molar-refractivity contribution in [3.63, 3.8) is 0 Å². The molecule has 0 bridgehead atoms. The van der Waals surface area contributed by atoms with Crippen molar-refractivity contribution >= 4 is 39.8 Å². The lowest BCUT2D eigenvalue weighted by atomic mass is 10.4. The molecule has 1 fully saturated rings. The van der Waals surface area contributed by atoms with Gasteiger partial charge in [-0.2, -0.15) is 11.8 Å². The number of alkyl halides is 1. The van der Waals surface area contributed by atoms with E-state index in [1.165, 1.54) is 5.75 Å². The second kappa shape index (κ2) is 4.73. The third kappa shape index (κ3) is 2.35. The molecular formula is C9H13ClN2S2. The van der Waals surface area contributed by atoms with Crippen LogP contribution in [-0.2, 0) is 5.88 Å². The van der Waals surface area contributed by atoms with Crippen LogP contribution in [0.2, 0.25) is 0 Å². The Morgan fingerprint density at radius 1 is 1.71 bits per heavy atom. The van der Waals surface area contributed by atoms with Gasteiger partial charge in [0.1, 0.15) is 0 Å². The van der Waals surface area contributed by atoms with E-state index in [9.17, 15) is 0 Å². The van der Waals surface area contributed by atoms with Crippen LogP contribution in [0.3, 0.4) is 0 Å². The zero-order chi connectivity index (χ0) is 9.97. The van der Waals surface area contributed by atoms with Gasteiger partial charge in [-0.15, -0.1) is 22.9 Å². The molecule has 0 spiro atoms. The summed E-state index contributed by atoms with van der Waals surface area (Å²) in [5, 5.41) is 3.90. The van der Waals surface area contributed by atoms with Gasteiger partial charge >= 0.3 is 0 Å². The number of thioether (sulfide) groups is 1. The van der Waals surface area contributed by atoms with Crippen LogP contribution < -0.4 is 4.90 Å². The molecule has 1 atom stereocenters. The first-order valence-electron chi connectivity index (χ1n) is 4.66. The van der Waals surface area contributed by atoms with Crippen LogP contribution in [0.25, 0.3) is 0 Å². The quantitative estimate of drug-likeness (QED) is 0.749. The third-order valence-electron chi connectivity index (χ3n) is 2.19. The van der Waals surface area contributed by atoms with E-state index in [0.717, 1.165) is 23.9 Å². The summed E-state index contributed by atoms with van der Waals surface area (Å²) in [4.78, 5) is 6.85. The number of halogens is 1. The van der Waals surface area contributed by atoms with E-state index < -0.39 is 0 Å². The minimum atomic E-state index is 0.522. The minimum absolute atomic E-state index is 0.522. The van der Waals surface area contributed by atoms with Gasteiger partial charge in [-0.25, -0.2) is 4.98 Å². The Hall–Kier alpha value is 0.0700. The lowest BCUT2D eigenvalue weighted by molar-refractivity contribution is 0.778. The average molecular weight is 249 g/mol. The van der Waals surface area contributed by atoms with Crippen molar-refractivity contribution in [2.24, 2.45) is 0 Å². The minimum Gasteiger partial charge on any atom is -0.346 e. The Morgan fingerprint density at radius 3 is 3.21 bits per heavy atom. The predicted molar refractivity (Wildman–Crippen MR) is 65.8 cm³/mol. The summed E-state index contributed by atoms with van der Waals surface area (Å²) in [6, 6.07) is 0. The van der Waals surface area contributed by atoms with Crippen LogP contribution in [0, 0.1) is 0 Å². The van der Waals surface area contributed by atoms with Gasteiger partial charge in [0.25, 0.3) is 0 Å². The molecule has 0 aromatic carbocycles. The lowest BCUT2D eigenvalue weighted by Crippen LogP contribution is -2.36. The molecule has 14 heavy (non-hydrogen) atoms. The van der Waals surface area contributed by atoms with E-state index in [1.54, 1.807) is 11.3 Å². The number of hydrogen-bond acceptors (Lipinski definition) is 4. The first-order chi connectivity index (χ1) is 6.79. The van der Waals surface area contributed by atoms with Crippen LogP contribution in [0.1, 0.15) is 12.6 Å². The Morgan fingerprint density at radius 2 is 2.57 bits per heavy atom. The summed E-state index contributed by atoms with van der Waals surface area (Å²) in [5.74, 6) is 1.73. The highest BCUT2D eigenvalue weighted by atomic mass is 35.5. The molecular weight excluding hydrogens is 236 g/mol. The molecule has 1 unspecified atom stereocenters. The number of thiazole rings is 1. The largest absolute Gasteiger partial charge is 0.346 e. The topological polar surface area (TPSA) is 16.1 Å². The molecule has 2 heterocycles. The maximum Gasteiger partial charge on any atom is 0.185 e. The van der Waals surface area contributed by atoms with Crippen molar-refractivity contribution in [1.29, 1.82) is 0 Å². The fraction of sp³-hybridized carbons (Fsp3) is 0.667. The summed E-state index contributed by atoms with van der Waals surface area (Å²) < 4.78 is 0. The van der Waals surface area contributed by atoms with Gasteiger partial charge in [0.2, 0.25) is 0 Å². The molecule has 0 N–H and O–H groups in total. The summed E-state index contributed by atoms with van der Waals surface area (Å²) in [5.41, 5.74) is 0.998. The zero-order valence-electron chi connectivity index (χ0n) is 8.07. The fourth-order valence-electron chi connectivity index (χ4n) is 1.50. The summed E-state index contributed by atoms with van der Waals surface area (Å²) >= 11 is 9.47. The molecule has 5 heteroatoms. The standard InChI is InChI=1S/C9H13ClN2S2/c1-7-5-12(2-3-13-7)9-11-8(4-10)6-14-9/h6-7H,2-5H2,1H3. The van der Waals surface area contributed by atoms with Crippen molar-refractivity contribution in [3.05, 3.63) is 11.1 Å². The van der Waals surface area contributed by atoms with Crippen LogP contribution >= 0.6 is 34.7 Å². The number of nitrogens with zero attached hydrogens (tertiary/aromatic N) is 2. The molecule has 78 valence electrons. The number of anilines is 1. The third-order valence-corrected chi connectivity index (χ3v) is 4.55. The van der Waals surface area contributed by atoms with E-state index in [1.807, 2.05) is 11.8 Å². The smallest absolute Gasteiger partial charge is 0.185 e. The van der Waals surface area contributed by atoms with E-state index >= 15 is 0 Å². The van der Waals surface area contributed by atoms with Gasteiger partial charge in [-0.3, -0.25) is 0 Å². The molecule has 1 aromatic heterocycles. The first-order valence-corrected chi connectivity index (χ1v) is 7.13. The highest BCUT2D eigenvalue weighted by Crippen LogP contribution is 2.26. The van der Waals surface area contributed by atoms with E-state index in [0.29, 0.717) is 11.1 Å². The maximum atomic E-state index is 5.73. The Bertz CT molecular complexity index is 303. The van der Waals surface area contributed by atoms with Crippen LogP contribution in [0.5, 0.6) is 0 Å². The highest BCUT2D eigenvalue weighted by molar-refractivity contribution is 8.00. The average Bonchev–Trinajstić information content (AvgIpc) is 2.66. The van der Waals surface area contributed by atoms with E-state index in [4.69, 9.17) is 11.6 Å². The molecule has 2 rings (SSSR count). The van der Waals surface area contributed by atoms with E-state index in [-0.39, 0.29) is 0 Å². The molecule has 2 nitrogen and oxygen atoms in total. The Kier molecular flexibility index (Phi) is 3.57. The zero-order valence-corrected chi connectivity index (χ0v) is 10.5. The predicted octanol–water partition coefficient (Wildman–Crippen LogP) is 2.82. The van der Waals surface area contributed by atoms with Gasteiger partial charge < -0.3 is 4.90 Å². The highest BCUT2D eigenvalue weighted by Gasteiger charge is 2.19. The Labute approximate surface area is 97.7 Å². The normalized spacial score (nSPS) is 22.7. The maximum absolute atomic E-state index is 5.73. The molecule has 1 saturated heterocycles. The van der Waals surface area contributed by atoms with Crippen LogP contribution in [0.4, 0.5) is 5.13 Å². The molecule has 0 amide bonds. The lowest BCUT2D eigenvalue weighted by Gasteiger charge is -2.30. The number of rotatable bonds is 2. The summed E-state index contributed by atoms with van der Waals surface area (Å²) in [7, 11) is 0. The molecule has 1 aliphatic rings. The van der Waals surface area contributed by atoms with Crippen LogP contribution in [0.15, 0.2) is 5.38 Å². The van der Waals surface area contributed by atoms with Gasteiger partial charge in [0.15, 0.2) is 5.13 Å². The summed E-state index contributed by atoms with van der Waals surface area (Å²) in [6.45, 7) is 4.50. The number of aromatic nitrogens is 1. The van der Waals surface area contributed by atoms with Gasteiger partial charge in [-0.05, 0) is 0 Å². The molecule has 1 aromatic rings. The van der Waals surface area contributed by atoms with Crippen molar-refractivity contribution in [2.75, 3.05) is 23.7 Å². The van der Waals surface area contributed by atoms with Crippen molar-refractivity contribution in [1.82, 2.24) is 4.98 Å². The molecule has 0 radical (unpaired) electrons. The van der Waals surface area contributed by atoms with Crippen molar-refractivity contribution in [3.8, 4) is 0 Å². The molecule has 0 aliphatic carbocycles. The second-order valence-corrected chi connectivity index (χ2v) is 6.03. The SMILES string of the molecule is CC1CN(c2nc(CCl)cs2)CCS1. The van der Waals surface area contributed by atoms with Crippen molar-refractivity contribution in [2.45, 2.75) is 18.1 Å². The second-order valence-electron chi connectivity index (χ2n) is 3.38. The monoisotopic (exact) mass is 248 g/mol. The Balaban J connectivity index is 2.06. The van der Waals surface area contributed by atoms with E-state index in [2.05, 4.69) is 22.2 Å². The molecule has 0 saturated carbocycles. The van der Waals surface area contributed by atoms with Gasteiger partial charge in [-0.1, -0.05) is 6.92 Å².